The number of sulfonamides is 1. The molecule has 1 atom stereocenters. The zero-order valence-corrected chi connectivity index (χ0v) is 19.8. The number of thiophene rings is 1. The molecular weight excluding hydrogens is 444 g/mol. The van der Waals surface area contributed by atoms with Crippen molar-refractivity contribution in [3.05, 3.63) is 59.5 Å². The van der Waals surface area contributed by atoms with E-state index in [4.69, 9.17) is 4.74 Å². The van der Waals surface area contributed by atoms with E-state index in [0.29, 0.717) is 41.6 Å². The van der Waals surface area contributed by atoms with Crippen molar-refractivity contribution >= 4 is 38.0 Å². The Morgan fingerprint density at radius 3 is 2.78 bits per heavy atom. The van der Waals surface area contributed by atoms with Crippen LogP contribution < -0.4 is 10.1 Å². The number of fused-ring (bicyclic) bond motifs is 1. The van der Waals surface area contributed by atoms with Gasteiger partial charge in [0, 0.05) is 19.1 Å². The van der Waals surface area contributed by atoms with Crippen LogP contribution in [0.5, 0.6) is 5.75 Å². The molecular formula is C24H28N2O4S2. The molecule has 0 spiro atoms. The van der Waals surface area contributed by atoms with Crippen LogP contribution in [0.4, 0.5) is 0 Å². The molecule has 4 rings (SSSR count). The van der Waals surface area contributed by atoms with Crippen molar-refractivity contribution in [3.63, 3.8) is 0 Å². The minimum atomic E-state index is -3.49. The molecule has 1 N–H and O–H groups in total. The molecule has 1 saturated heterocycles. The van der Waals surface area contributed by atoms with Gasteiger partial charge in [-0.3, -0.25) is 4.79 Å². The largest absolute Gasteiger partial charge is 0.493 e. The van der Waals surface area contributed by atoms with Crippen molar-refractivity contribution in [2.45, 2.75) is 42.9 Å². The van der Waals surface area contributed by atoms with E-state index in [9.17, 15) is 13.2 Å². The molecule has 1 aliphatic heterocycles. The number of benzene rings is 2. The van der Waals surface area contributed by atoms with Crippen molar-refractivity contribution in [1.82, 2.24) is 9.62 Å². The van der Waals surface area contributed by atoms with Crippen LogP contribution in [0.1, 0.15) is 43.0 Å². The third-order valence-corrected chi connectivity index (χ3v) is 9.14. The lowest BCUT2D eigenvalue weighted by atomic mass is 10.0. The molecule has 2 aromatic carbocycles. The fourth-order valence-electron chi connectivity index (χ4n) is 4.31. The van der Waals surface area contributed by atoms with Gasteiger partial charge in [-0.2, -0.15) is 4.31 Å². The van der Waals surface area contributed by atoms with Crippen molar-refractivity contribution in [2.75, 3.05) is 19.7 Å². The maximum absolute atomic E-state index is 13.1. The van der Waals surface area contributed by atoms with Crippen LogP contribution in [-0.4, -0.2) is 44.4 Å². The van der Waals surface area contributed by atoms with Gasteiger partial charge in [-0.15, -0.1) is 11.3 Å². The van der Waals surface area contributed by atoms with Crippen LogP contribution in [0.3, 0.4) is 0 Å². The van der Waals surface area contributed by atoms with Gasteiger partial charge in [0.2, 0.25) is 0 Å². The summed E-state index contributed by atoms with van der Waals surface area (Å²) in [6.45, 7) is 3.28. The fraction of sp³-hybridized carbons (Fsp3) is 0.375. The summed E-state index contributed by atoms with van der Waals surface area (Å²) in [6, 6.07) is 14.8. The van der Waals surface area contributed by atoms with E-state index in [2.05, 4.69) is 5.32 Å². The van der Waals surface area contributed by atoms with E-state index in [0.717, 1.165) is 30.0 Å². The first kappa shape index (κ1) is 22.8. The maximum Gasteiger partial charge on any atom is 0.255 e. The number of hydrogen-bond donors (Lipinski definition) is 1. The van der Waals surface area contributed by atoms with Crippen LogP contribution >= 0.6 is 11.3 Å². The van der Waals surface area contributed by atoms with Gasteiger partial charge in [0.05, 0.1) is 12.2 Å². The molecule has 6 nitrogen and oxygen atoms in total. The van der Waals surface area contributed by atoms with Crippen LogP contribution in [0.15, 0.2) is 58.1 Å². The molecule has 0 aliphatic carbocycles. The average Bonchev–Trinajstić information content (AvgIpc) is 3.35. The predicted molar refractivity (Wildman–Crippen MR) is 128 cm³/mol. The van der Waals surface area contributed by atoms with Gasteiger partial charge in [-0.25, -0.2) is 8.42 Å². The Bertz CT molecular complexity index is 1180. The first-order chi connectivity index (χ1) is 15.5. The number of carbonyl (C=O) groups excluding carboxylic acids is 1. The Balaban J connectivity index is 1.48. The second-order valence-corrected chi connectivity index (χ2v) is 10.9. The van der Waals surface area contributed by atoms with Gasteiger partial charge in [-0.1, -0.05) is 42.8 Å². The number of nitrogens with one attached hydrogen (secondary N) is 1. The summed E-state index contributed by atoms with van der Waals surface area (Å²) in [5, 5.41) is 6.61. The topological polar surface area (TPSA) is 75.7 Å². The molecule has 0 radical (unpaired) electrons. The lowest BCUT2D eigenvalue weighted by Crippen LogP contribution is -2.45. The minimum Gasteiger partial charge on any atom is -0.493 e. The summed E-state index contributed by atoms with van der Waals surface area (Å²) >= 11 is 1.25. The maximum atomic E-state index is 13.1. The van der Waals surface area contributed by atoms with E-state index in [1.807, 2.05) is 43.3 Å². The van der Waals surface area contributed by atoms with E-state index in [-0.39, 0.29) is 11.9 Å². The zero-order chi connectivity index (χ0) is 22.6. The molecule has 0 saturated carbocycles. The molecule has 1 aromatic heterocycles. The van der Waals surface area contributed by atoms with Gasteiger partial charge in [0.25, 0.3) is 15.9 Å². The van der Waals surface area contributed by atoms with Crippen molar-refractivity contribution in [3.8, 4) is 5.75 Å². The molecule has 170 valence electrons. The zero-order valence-electron chi connectivity index (χ0n) is 18.1. The van der Waals surface area contributed by atoms with Crippen LogP contribution in [-0.2, 0) is 10.0 Å². The van der Waals surface area contributed by atoms with Crippen LogP contribution in [0.25, 0.3) is 10.8 Å². The Labute approximate surface area is 193 Å². The Morgan fingerprint density at radius 1 is 1.16 bits per heavy atom. The third kappa shape index (κ3) is 4.67. The van der Waals surface area contributed by atoms with Crippen molar-refractivity contribution in [2.24, 2.45) is 0 Å². The monoisotopic (exact) mass is 472 g/mol. The highest BCUT2D eigenvalue weighted by Gasteiger charge is 2.33. The summed E-state index contributed by atoms with van der Waals surface area (Å²) in [7, 11) is -3.49. The lowest BCUT2D eigenvalue weighted by Gasteiger charge is -2.34. The molecule has 0 bridgehead atoms. The molecule has 3 aromatic rings. The number of amides is 1. The fourth-order valence-corrected chi connectivity index (χ4v) is 7.15. The number of piperidine rings is 1. The van der Waals surface area contributed by atoms with Crippen molar-refractivity contribution < 1.29 is 17.9 Å². The summed E-state index contributed by atoms with van der Waals surface area (Å²) in [5.41, 5.74) is 0.525. The minimum absolute atomic E-state index is 0.116. The lowest BCUT2D eigenvalue weighted by molar-refractivity contribution is 0.0947. The highest BCUT2D eigenvalue weighted by molar-refractivity contribution is 7.91. The van der Waals surface area contributed by atoms with E-state index >= 15 is 0 Å². The Hall–Kier alpha value is -2.42. The number of hydrogen-bond acceptors (Lipinski definition) is 5. The van der Waals surface area contributed by atoms with Gasteiger partial charge >= 0.3 is 0 Å². The van der Waals surface area contributed by atoms with Crippen molar-refractivity contribution in [1.29, 1.82) is 0 Å². The Morgan fingerprint density at radius 2 is 2.00 bits per heavy atom. The standard InChI is InChI=1S/C24H28N2O4S2/c1-2-30-21-13-12-18-8-3-4-10-20(18)23(21)24(27)25-15-14-19-9-5-6-16-26(19)32(28,29)22-11-7-17-31-22/h3-4,7-8,10-13,17,19H,2,5-6,9,14-16H2,1H3,(H,25,27). The quantitative estimate of drug-likeness (QED) is 0.517. The van der Waals surface area contributed by atoms with Crippen LogP contribution in [0.2, 0.25) is 0 Å². The molecule has 1 fully saturated rings. The van der Waals surface area contributed by atoms with Crippen LogP contribution in [0, 0.1) is 0 Å². The molecule has 2 heterocycles. The van der Waals surface area contributed by atoms with E-state index < -0.39 is 10.0 Å². The number of carbonyl (C=O) groups is 1. The highest BCUT2D eigenvalue weighted by atomic mass is 32.2. The SMILES string of the molecule is CCOc1ccc2ccccc2c1C(=O)NCCC1CCCCN1S(=O)(=O)c1cccs1. The first-order valence-corrected chi connectivity index (χ1v) is 13.3. The number of ether oxygens (including phenoxy) is 1. The second kappa shape index (κ2) is 10.0. The normalized spacial score (nSPS) is 17.3. The average molecular weight is 473 g/mol. The van der Waals surface area contributed by atoms with Gasteiger partial charge in [0.15, 0.2) is 0 Å². The third-order valence-electron chi connectivity index (χ3n) is 5.81. The smallest absolute Gasteiger partial charge is 0.255 e. The molecule has 32 heavy (non-hydrogen) atoms. The molecule has 1 amide bonds. The number of nitrogens with zero attached hydrogens (tertiary/aromatic N) is 1. The Kier molecular flexibility index (Phi) is 7.13. The van der Waals surface area contributed by atoms with Gasteiger partial charge in [0.1, 0.15) is 9.96 Å². The molecule has 8 heteroatoms. The van der Waals surface area contributed by atoms with E-state index in [1.165, 1.54) is 11.3 Å². The van der Waals surface area contributed by atoms with Gasteiger partial charge < -0.3 is 10.1 Å². The highest BCUT2D eigenvalue weighted by Crippen LogP contribution is 2.30. The summed E-state index contributed by atoms with van der Waals surface area (Å²) in [5.74, 6) is 0.358. The predicted octanol–water partition coefficient (Wildman–Crippen LogP) is 4.66. The summed E-state index contributed by atoms with van der Waals surface area (Å²) in [4.78, 5) is 13.1. The first-order valence-electron chi connectivity index (χ1n) is 11.0. The van der Waals surface area contributed by atoms with E-state index in [1.54, 1.807) is 21.8 Å². The molecule has 1 unspecified atom stereocenters. The molecule has 1 aliphatic rings. The second-order valence-electron chi connectivity index (χ2n) is 7.83. The van der Waals surface area contributed by atoms with Gasteiger partial charge in [-0.05, 0) is 54.5 Å². The summed E-state index contributed by atoms with van der Waals surface area (Å²) in [6.07, 6.45) is 3.23. The number of rotatable bonds is 8. The summed E-state index contributed by atoms with van der Waals surface area (Å²) < 4.78 is 33.9.